The summed E-state index contributed by atoms with van der Waals surface area (Å²) in [6.07, 6.45) is 0. The van der Waals surface area contributed by atoms with E-state index in [2.05, 4.69) is 4.99 Å². The number of carbonyl (C=O) groups is 1. The predicted octanol–water partition coefficient (Wildman–Crippen LogP) is 3.80. The molecule has 1 aromatic heterocycles. The number of halogens is 1. The SMILES string of the molecule is CCn1c(=NC(=O)c2cc([N+](=O)[O-])ccc2Cl)sc2cc3c(cc21)OCCO3. The summed E-state index contributed by atoms with van der Waals surface area (Å²) in [4.78, 5) is 27.7. The van der Waals surface area contributed by atoms with Gasteiger partial charge in [-0.25, -0.2) is 0 Å². The first-order valence-electron chi connectivity index (χ1n) is 8.44. The third-order valence-electron chi connectivity index (χ3n) is 4.25. The summed E-state index contributed by atoms with van der Waals surface area (Å²) in [6, 6.07) is 7.44. The van der Waals surface area contributed by atoms with E-state index in [1.807, 2.05) is 23.6 Å². The molecule has 0 radical (unpaired) electrons. The molecule has 0 saturated carbocycles. The second-order valence-electron chi connectivity index (χ2n) is 5.93. The molecule has 0 aliphatic carbocycles. The van der Waals surface area contributed by atoms with Crippen molar-refractivity contribution in [1.29, 1.82) is 0 Å². The minimum atomic E-state index is -0.639. The number of amides is 1. The number of carbonyl (C=O) groups excluding carboxylic acids is 1. The topological polar surface area (TPSA) is 96.0 Å². The number of non-ortho nitro benzene ring substituents is 1. The number of aryl methyl sites for hydroxylation is 1. The lowest BCUT2D eigenvalue weighted by Gasteiger charge is -2.18. The van der Waals surface area contributed by atoms with Gasteiger partial charge in [0.2, 0.25) is 0 Å². The molecule has 0 N–H and O–H groups in total. The van der Waals surface area contributed by atoms with Crippen molar-refractivity contribution in [3.05, 3.63) is 55.8 Å². The van der Waals surface area contributed by atoms with E-state index in [1.54, 1.807) is 0 Å². The Morgan fingerprint density at radius 3 is 2.68 bits per heavy atom. The summed E-state index contributed by atoms with van der Waals surface area (Å²) in [7, 11) is 0. The van der Waals surface area contributed by atoms with E-state index in [0.717, 1.165) is 16.3 Å². The van der Waals surface area contributed by atoms with Gasteiger partial charge in [-0.3, -0.25) is 14.9 Å². The van der Waals surface area contributed by atoms with E-state index in [4.69, 9.17) is 21.1 Å². The van der Waals surface area contributed by atoms with Gasteiger partial charge in [0, 0.05) is 30.8 Å². The summed E-state index contributed by atoms with van der Waals surface area (Å²) >= 11 is 7.38. The molecule has 4 rings (SSSR count). The molecular formula is C18H14ClN3O5S. The van der Waals surface area contributed by atoms with Crippen LogP contribution in [0.15, 0.2) is 35.3 Å². The number of benzene rings is 2. The quantitative estimate of drug-likeness (QED) is 0.475. The first kappa shape index (κ1) is 18.5. The van der Waals surface area contributed by atoms with E-state index in [9.17, 15) is 14.9 Å². The molecule has 0 bridgehead atoms. The van der Waals surface area contributed by atoms with Crippen LogP contribution >= 0.6 is 22.9 Å². The van der Waals surface area contributed by atoms with Gasteiger partial charge in [0.05, 0.1) is 25.7 Å². The highest BCUT2D eigenvalue weighted by molar-refractivity contribution is 7.16. The highest BCUT2D eigenvalue weighted by atomic mass is 35.5. The summed E-state index contributed by atoms with van der Waals surface area (Å²) in [6.45, 7) is 3.48. The lowest BCUT2D eigenvalue weighted by Crippen LogP contribution is -2.17. The zero-order valence-corrected chi connectivity index (χ0v) is 16.2. The Balaban J connectivity index is 1.84. The zero-order valence-electron chi connectivity index (χ0n) is 14.7. The highest BCUT2D eigenvalue weighted by Crippen LogP contribution is 2.35. The fraction of sp³-hybridized carbons (Fsp3) is 0.222. The van der Waals surface area contributed by atoms with Gasteiger partial charge in [0.15, 0.2) is 16.3 Å². The van der Waals surface area contributed by atoms with Gasteiger partial charge in [-0.1, -0.05) is 22.9 Å². The van der Waals surface area contributed by atoms with Crippen molar-refractivity contribution in [2.75, 3.05) is 13.2 Å². The van der Waals surface area contributed by atoms with Crippen molar-refractivity contribution in [3.8, 4) is 11.5 Å². The fourth-order valence-corrected chi connectivity index (χ4v) is 4.24. The van der Waals surface area contributed by atoms with Crippen LogP contribution in [-0.2, 0) is 6.54 Å². The van der Waals surface area contributed by atoms with Crippen molar-refractivity contribution in [1.82, 2.24) is 4.57 Å². The third-order valence-corrected chi connectivity index (χ3v) is 5.62. The van der Waals surface area contributed by atoms with Crippen LogP contribution in [0.2, 0.25) is 5.02 Å². The number of nitrogens with zero attached hydrogens (tertiary/aromatic N) is 3. The van der Waals surface area contributed by atoms with Crippen LogP contribution in [0, 0.1) is 10.1 Å². The van der Waals surface area contributed by atoms with Crippen LogP contribution in [0.5, 0.6) is 11.5 Å². The number of nitro groups is 1. The lowest BCUT2D eigenvalue weighted by molar-refractivity contribution is -0.384. The summed E-state index contributed by atoms with van der Waals surface area (Å²) in [5.74, 6) is 0.668. The molecule has 0 atom stereocenters. The minimum Gasteiger partial charge on any atom is -0.486 e. The predicted molar refractivity (Wildman–Crippen MR) is 104 cm³/mol. The smallest absolute Gasteiger partial charge is 0.281 e. The van der Waals surface area contributed by atoms with Crippen LogP contribution < -0.4 is 14.3 Å². The molecule has 3 aromatic rings. The molecule has 0 spiro atoms. The zero-order chi connectivity index (χ0) is 19.8. The first-order valence-corrected chi connectivity index (χ1v) is 9.63. The molecule has 0 unspecified atom stereocenters. The van der Waals surface area contributed by atoms with Crippen molar-refractivity contribution in [2.24, 2.45) is 4.99 Å². The summed E-state index contributed by atoms with van der Waals surface area (Å²) in [5, 5.41) is 11.1. The van der Waals surface area contributed by atoms with E-state index in [-0.39, 0.29) is 16.3 Å². The van der Waals surface area contributed by atoms with Gasteiger partial charge in [0.1, 0.15) is 13.2 Å². The van der Waals surface area contributed by atoms with Crippen molar-refractivity contribution in [3.63, 3.8) is 0 Å². The average Bonchev–Trinajstić information content (AvgIpc) is 3.01. The first-order chi connectivity index (χ1) is 13.5. The van der Waals surface area contributed by atoms with Gasteiger partial charge >= 0.3 is 0 Å². The molecule has 1 aliphatic heterocycles. The number of ether oxygens (including phenoxy) is 2. The molecule has 2 aromatic carbocycles. The largest absolute Gasteiger partial charge is 0.486 e. The Hall–Kier alpha value is -2.91. The lowest BCUT2D eigenvalue weighted by atomic mass is 10.2. The molecule has 28 heavy (non-hydrogen) atoms. The summed E-state index contributed by atoms with van der Waals surface area (Å²) in [5.41, 5.74) is 0.639. The number of hydrogen-bond donors (Lipinski definition) is 0. The Morgan fingerprint density at radius 2 is 2.00 bits per heavy atom. The van der Waals surface area contributed by atoms with Crippen LogP contribution in [-0.4, -0.2) is 28.6 Å². The van der Waals surface area contributed by atoms with E-state index in [0.29, 0.717) is 36.1 Å². The summed E-state index contributed by atoms with van der Waals surface area (Å²) < 4.78 is 14.0. The van der Waals surface area contributed by atoms with Crippen LogP contribution in [0.1, 0.15) is 17.3 Å². The fourth-order valence-electron chi connectivity index (χ4n) is 2.94. The van der Waals surface area contributed by atoms with E-state index < -0.39 is 10.8 Å². The van der Waals surface area contributed by atoms with Gasteiger partial charge in [-0.15, -0.1) is 0 Å². The number of hydrogen-bond acceptors (Lipinski definition) is 6. The van der Waals surface area contributed by atoms with Gasteiger partial charge in [0.25, 0.3) is 11.6 Å². The van der Waals surface area contributed by atoms with Gasteiger partial charge < -0.3 is 14.0 Å². The number of fused-ring (bicyclic) bond motifs is 2. The number of thiazole rings is 1. The van der Waals surface area contributed by atoms with E-state index >= 15 is 0 Å². The Kier molecular flexibility index (Phi) is 4.78. The van der Waals surface area contributed by atoms with Gasteiger partial charge in [-0.05, 0) is 13.0 Å². The second kappa shape index (κ2) is 7.25. The number of aromatic nitrogens is 1. The standard InChI is InChI=1S/C18H14ClN3O5S/c1-2-21-13-8-14-15(27-6-5-26-14)9-16(13)28-18(21)20-17(23)11-7-10(22(24)25)3-4-12(11)19/h3-4,7-9H,2,5-6H2,1H3. The Labute approximate surface area is 167 Å². The Morgan fingerprint density at radius 1 is 1.29 bits per heavy atom. The molecule has 0 fully saturated rings. The minimum absolute atomic E-state index is 0.0121. The third kappa shape index (κ3) is 3.23. The van der Waals surface area contributed by atoms with Crippen LogP contribution in [0.4, 0.5) is 5.69 Å². The van der Waals surface area contributed by atoms with Crippen molar-refractivity contribution >= 4 is 44.7 Å². The molecular weight excluding hydrogens is 406 g/mol. The molecule has 2 heterocycles. The average molecular weight is 420 g/mol. The molecule has 0 saturated heterocycles. The van der Waals surface area contributed by atoms with Crippen LogP contribution in [0.25, 0.3) is 10.2 Å². The maximum Gasteiger partial charge on any atom is 0.281 e. The number of nitro benzene ring substituents is 1. The maximum atomic E-state index is 12.7. The van der Waals surface area contributed by atoms with Gasteiger partial charge in [-0.2, -0.15) is 4.99 Å². The van der Waals surface area contributed by atoms with Crippen molar-refractivity contribution in [2.45, 2.75) is 13.5 Å². The molecule has 10 heteroatoms. The van der Waals surface area contributed by atoms with E-state index in [1.165, 1.54) is 23.5 Å². The second-order valence-corrected chi connectivity index (χ2v) is 7.35. The maximum absolute atomic E-state index is 12.7. The monoisotopic (exact) mass is 419 g/mol. The molecule has 8 nitrogen and oxygen atoms in total. The molecule has 144 valence electrons. The normalized spacial score (nSPS) is 13.7. The molecule has 1 amide bonds. The number of rotatable bonds is 3. The highest BCUT2D eigenvalue weighted by Gasteiger charge is 2.18. The Bertz CT molecular complexity index is 1180. The van der Waals surface area contributed by atoms with Crippen molar-refractivity contribution < 1.29 is 19.2 Å². The van der Waals surface area contributed by atoms with Crippen LogP contribution in [0.3, 0.4) is 0 Å². The molecule has 1 aliphatic rings.